The van der Waals surface area contributed by atoms with Crippen LogP contribution >= 0.6 is 0 Å². The Labute approximate surface area is 87.3 Å². The van der Waals surface area contributed by atoms with Gasteiger partial charge in [0.05, 0.1) is 0 Å². The van der Waals surface area contributed by atoms with E-state index in [-0.39, 0.29) is 6.04 Å². The smallest absolute Gasteiger partial charge is 0.0297 e. The van der Waals surface area contributed by atoms with Crippen molar-refractivity contribution in [2.24, 2.45) is 5.73 Å². The van der Waals surface area contributed by atoms with Gasteiger partial charge in [0.25, 0.3) is 0 Å². The maximum absolute atomic E-state index is 6.15. The molecule has 1 atom stereocenters. The van der Waals surface area contributed by atoms with E-state index >= 15 is 0 Å². The van der Waals surface area contributed by atoms with Crippen LogP contribution in [0.1, 0.15) is 48.9 Å². The third-order valence-corrected chi connectivity index (χ3v) is 2.70. The molecule has 2 N–H and O–H groups in total. The number of aryl methyl sites for hydroxylation is 2. The average molecular weight is 191 g/mol. The number of nitrogens with two attached hydrogens (primary N) is 1. The van der Waals surface area contributed by atoms with Crippen molar-refractivity contribution in [2.45, 2.75) is 46.1 Å². The zero-order valence-corrected chi connectivity index (χ0v) is 9.51. The maximum Gasteiger partial charge on any atom is 0.0297 e. The number of hydrogen-bond donors (Lipinski definition) is 1. The van der Waals surface area contributed by atoms with Gasteiger partial charge >= 0.3 is 0 Å². The zero-order valence-electron chi connectivity index (χ0n) is 9.51. The first-order chi connectivity index (χ1) is 6.65. The molecule has 1 aromatic carbocycles. The van der Waals surface area contributed by atoms with Crippen LogP contribution in [-0.4, -0.2) is 0 Å². The van der Waals surface area contributed by atoms with E-state index in [1.807, 2.05) is 0 Å². The minimum absolute atomic E-state index is 0.217. The number of rotatable bonds is 4. The molecule has 0 spiro atoms. The standard InChI is InChI=1S/C13H21N/c1-4-5-6-13(14)12-9-10(2)7-8-11(12)3/h7-9,13H,4-6,14H2,1-3H3/t13-/m0/s1. The molecule has 0 aliphatic heterocycles. The summed E-state index contributed by atoms with van der Waals surface area (Å²) in [5.41, 5.74) is 10.1. The predicted octanol–water partition coefficient (Wildman–Crippen LogP) is 3.49. The highest BCUT2D eigenvalue weighted by Crippen LogP contribution is 2.21. The molecule has 0 bridgehead atoms. The SMILES string of the molecule is CCCC[C@H](N)c1cc(C)ccc1C. The van der Waals surface area contributed by atoms with Crippen LogP contribution < -0.4 is 5.73 Å². The third kappa shape index (κ3) is 2.85. The summed E-state index contributed by atoms with van der Waals surface area (Å²) in [7, 11) is 0. The lowest BCUT2D eigenvalue weighted by Gasteiger charge is -2.15. The number of hydrogen-bond acceptors (Lipinski definition) is 1. The number of benzene rings is 1. The molecular formula is C13H21N. The van der Waals surface area contributed by atoms with Crippen molar-refractivity contribution in [2.75, 3.05) is 0 Å². The van der Waals surface area contributed by atoms with Gasteiger partial charge in [-0.05, 0) is 31.4 Å². The molecule has 78 valence electrons. The van der Waals surface area contributed by atoms with Crippen LogP contribution in [-0.2, 0) is 0 Å². The van der Waals surface area contributed by atoms with Gasteiger partial charge in [0.1, 0.15) is 0 Å². The van der Waals surface area contributed by atoms with Crippen molar-refractivity contribution in [3.63, 3.8) is 0 Å². The van der Waals surface area contributed by atoms with Crippen LogP contribution in [0.3, 0.4) is 0 Å². The first-order valence-electron chi connectivity index (χ1n) is 5.48. The summed E-state index contributed by atoms with van der Waals surface area (Å²) in [6.07, 6.45) is 3.54. The molecular weight excluding hydrogens is 170 g/mol. The molecule has 0 aliphatic carbocycles. The Morgan fingerprint density at radius 1 is 1.29 bits per heavy atom. The molecule has 0 amide bonds. The molecule has 0 fully saturated rings. The first kappa shape index (κ1) is 11.3. The summed E-state index contributed by atoms with van der Waals surface area (Å²) >= 11 is 0. The fourth-order valence-electron chi connectivity index (χ4n) is 1.74. The fraction of sp³-hybridized carbons (Fsp3) is 0.538. The quantitative estimate of drug-likeness (QED) is 0.774. The summed E-state index contributed by atoms with van der Waals surface area (Å²) in [4.78, 5) is 0. The topological polar surface area (TPSA) is 26.0 Å². The van der Waals surface area contributed by atoms with Crippen LogP contribution in [0, 0.1) is 13.8 Å². The summed E-state index contributed by atoms with van der Waals surface area (Å²) in [6, 6.07) is 6.74. The van der Waals surface area contributed by atoms with Crippen molar-refractivity contribution in [1.29, 1.82) is 0 Å². The van der Waals surface area contributed by atoms with Crippen LogP contribution in [0.4, 0.5) is 0 Å². The van der Waals surface area contributed by atoms with E-state index in [1.54, 1.807) is 0 Å². The molecule has 1 nitrogen and oxygen atoms in total. The van der Waals surface area contributed by atoms with Gasteiger partial charge in [-0.1, -0.05) is 43.5 Å². The minimum atomic E-state index is 0.217. The van der Waals surface area contributed by atoms with Crippen LogP contribution in [0.2, 0.25) is 0 Å². The Balaban J connectivity index is 2.77. The van der Waals surface area contributed by atoms with E-state index in [0.717, 1.165) is 6.42 Å². The van der Waals surface area contributed by atoms with E-state index in [2.05, 4.69) is 39.0 Å². The maximum atomic E-state index is 6.15. The largest absolute Gasteiger partial charge is 0.324 e. The summed E-state index contributed by atoms with van der Waals surface area (Å²) in [5, 5.41) is 0. The summed E-state index contributed by atoms with van der Waals surface area (Å²) < 4.78 is 0. The van der Waals surface area contributed by atoms with Gasteiger partial charge in [-0.15, -0.1) is 0 Å². The molecule has 1 heteroatoms. The Morgan fingerprint density at radius 3 is 2.64 bits per heavy atom. The highest BCUT2D eigenvalue weighted by atomic mass is 14.6. The lowest BCUT2D eigenvalue weighted by molar-refractivity contribution is 0.600. The average Bonchev–Trinajstić information content (AvgIpc) is 2.18. The highest BCUT2D eigenvalue weighted by Gasteiger charge is 2.07. The molecule has 0 saturated heterocycles. The number of unbranched alkanes of at least 4 members (excludes halogenated alkanes) is 1. The van der Waals surface area contributed by atoms with Crippen molar-refractivity contribution in [3.05, 3.63) is 34.9 Å². The Kier molecular flexibility index (Phi) is 4.15. The Hall–Kier alpha value is -0.820. The lowest BCUT2D eigenvalue weighted by atomic mass is 9.96. The van der Waals surface area contributed by atoms with E-state index in [0.29, 0.717) is 0 Å². The van der Waals surface area contributed by atoms with E-state index in [4.69, 9.17) is 5.73 Å². The van der Waals surface area contributed by atoms with Crippen LogP contribution in [0.5, 0.6) is 0 Å². The van der Waals surface area contributed by atoms with Gasteiger partial charge in [-0.2, -0.15) is 0 Å². The van der Waals surface area contributed by atoms with Gasteiger partial charge in [-0.3, -0.25) is 0 Å². The molecule has 14 heavy (non-hydrogen) atoms. The van der Waals surface area contributed by atoms with E-state index in [1.165, 1.54) is 29.5 Å². The fourth-order valence-corrected chi connectivity index (χ4v) is 1.74. The summed E-state index contributed by atoms with van der Waals surface area (Å²) in [6.45, 7) is 6.46. The molecule has 0 heterocycles. The van der Waals surface area contributed by atoms with Gasteiger partial charge in [0.15, 0.2) is 0 Å². The Bertz CT molecular complexity index is 291. The van der Waals surface area contributed by atoms with Gasteiger partial charge in [0.2, 0.25) is 0 Å². The normalized spacial score (nSPS) is 12.9. The van der Waals surface area contributed by atoms with Crippen molar-refractivity contribution in [3.8, 4) is 0 Å². The molecule has 1 aromatic rings. The van der Waals surface area contributed by atoms with Crippen molar-refractivity contribution >= 4 is 0 Å². The zero-order chi connectivity index (χ0) is 10.6. The van der Waals surface area contributed by atoms with Crippen LogP contribution in [0.15, 0.2) is 18.2 Å². The molecule has 1 rings (SSSR count). The highest BCUT2D eigenvalue weighted by molar-refractivity contribution is 5.32. The second-order valence-electron chi connectivity index (χ2n) is 4.11. The molecule has 0 unspecified atom stereocenters. The second kappa shape index (κ2) is 5.16. The van der Waals surface area contributed by atoms with Gasteiger partial charge < -0.3 is 5.73 Å². The summed E-state index contributed by atoms with van der Waals surface area (Å²) in [5.74, 6) is 0. The second-order valence-corrected chi connectivity index (χ2v) is 4.11. The Morgan fingerprint density at radius 2 is 2.00 bits per heavy atom. The predicted molar refractivity (Wildman–Crippen MR) is 62.4 cm³/mol. The van der Waals surface area contributed by atoms with Gasteiger partial charge in [0, 0.05) is 6.04 Å². The van der Waals surface area contributed by atoms with Crippen molar-refractivity contribution < 1.29 is 0 Å². The lowest BCUT2D eigenvalue weighted by Crippen LogP contribution is -2.11. The van der Waals surface area contributed by atoms with E-state index < -0.39 is 0 Å². The minimum Gasteiger partial charge on any atom is -0.324 e. The first-order valence-corrected chi connectivity index (χ1v) is 5.48. The third-order valence-electron chi connectivity index (χ3n) is 2.70. The molecule has 0 saturated carbocycles. The molecule has 0 aliphatic rings. The van der Waals surface area contributed by atoms with Crippen molar-refractivity contribution in [1.82, 2.24) is 0 Å². The monoisotopic (exact) mass is 191 g/mol. The van der Waals surface area contributed by atoms with Crippen LogP contribution in [0.25, 0.3) is 0 Å². The molecule has 0 aromatic heterocycles. The molecule has 0 radical (unpaired) electrons. The van der Waals surface area contributed by atoms with E-state index in [9.17, 15) is 0 Å². The van der Waals surface area contributed by atoms with Gasteiger partial charge in [-0.25, -0.2) is 0 Å².